The summed E-state index contributed by atoms with van der Waals surface area (Å²) in [6.45, 7) is 6.23. The van der Waals surface area contributed by atoms with Crippen LogP contribution in [0, 0.1) is 0 Å². The van der Waals surface area contributed by atoms with E-state index in [4.69, 9.17) is 19.2 Å². The molecule has 2 heterocycles. The van der Waals surface area contributed by atoms with Gasteiger partial charge in [0.2, 0.25) is 0 Å². The SMILES string of the molecule is CCOC(=O)C1=C(c2ccccc2)N=c2s/c(=C\c3ccc(OC)c(OC)c3)c(=O)n2[C@H]1c1ccc(C(C)C)cc1. The number of esters is 1. The lowest BCUT2D eigenvalue weighted by Crippen LogP contribution is -2.40. The molecule has 1 atom stereocenters. The van der Waals surface area contributed by atoms with Gasteiger partial charge in [0.1, 0.15) is 0 Å². The Hall–Kier alpha value is -4.43. The van der Waals surface area contributed by atoms with Gasteiger partial charge in [-0.05, 0) is 47.7 Å². The molecule has 0 saturated heterocycles. The first kappa shape index (κ1) is 28.1. The van der Waals surface area contributed by atoms with Crippen LogP contribution in [-0.2, 0) is 9.53 Å². The summed E-state index contributed by atoms with van der Waals surface area (Å²) in [5.41, 5.74) is 4.12. The molecule has 0 saturated carbocycles. The molecule has 0 unspecified atom stereocenters. The van der Waals surface area contributed by atoms with Crippen LogP contribution < -0.4 is 24.4 Å². The zero-order valence-electron chi connectivity index (χ0n) is 23.7. The van der Waals surface area contributed by atoms with Gasteiger partial charge in [-0.2, -0.15) is 0 Å². The number of nitrogens with zero attached hydrogens (tertiary/aromatic N) is 2. The lowest BCUT2D eigenvalue weighted by atomic mass is 9.91. The van der Waals surface area contributed by atoms with Gasteiger partial charge in [0, 0.05) is 5.56 Å². The number of aromatic nitrogens is 1. The third-order valence-corrected chi connectivity index (χ3v) is 7.98. The first-order chi connectivity index (χ1) is 19.9. The Bertz CT molecular complexity index is 1780. The molecule has 41 heavy (non-hydrogen) atoms. The predicted molar refractivity (Wildman–Crippen MR) is 161 cm³/mol. The Morgan fingerprint density at radius 1 is 1.00 bits per heavy atom. The van der Waals surface area contributed by atoms with E-state index in [0.29, 0.717) is 38.0 Å². The van der Waals surface area contributed by atoms with Crippen molar-refractivity contribution in [1.29, 1.82) is 0 Å². The highest BCUT2D eigenvalue weighted by Gasteiger charge is 2.35. The van der Waals surface area contributed by atoms with Crippen LogP contribution in [0.15, 0.2) is 88.2 Å². The number of thiazole rings is 1. The molecule has 8 heteroatoms. The fourth-order valence-electron chi connectivity index (χ4n) is 4.91. The standard InChI is InChI=1S/C33H32N2O5S/c1-6-40-32(37)28-29(23-10-8-7-9-11-23)34-33-35(30(28)24-15-13-22(14-16-24)20(2)3)31(36)27(41-33)19-21-12-17-25(38-4)26(18-21)39-5/h7-20,30H,6H2,1-5H3/b27-19-/t30-/m0/s1. The largest absolute Gasteiger partial charge is 0.493 e. The second-order valence-corrected chi connectivity index (χ2v) is 10.9. The van der Waals surface area contributed by atoms with Gasteiger partial charge in [-0.15, -0.1) is 0 Å². The van der Waals surface area contributed by atoms with E-state index < -0.39 is 12.0 Å². The lowest BCUT2D eigenvalue weighted by Gasteiger charge is -2.26. The number of methoxy groups -OCH3 is 2. The number of rotatable bonds is 8. The van der Waals surface area contributed by atoms with Crippen molar-refractivity contribution in [3.05, 3.63) is 120 Å². The second-order valence-electron chi connectivity index (χ2n) is 9.87. The van der Waals surface area contributed by atoms with Crippen molar-refractivity contribution in [1.82, 2.24) is 4.57 Å². The quantitative estimate of drug-likeness (QED) is 0.277. The van der Waals surface area contributed by atoms with Gasteiger partial charge in [-0.3, -0.25) is 9.36 Å². The van der Waals surface area contributed by atoms with Crippen molar-refractivity contribution in [2.45, 2.75) is 32.7 Å². The molecule has 0 N–H and O–H groups in total. The molecule has 0 bridgehead atoms. The summed E-state index contributed by atoms with van der Waals surface area (Å²) in [5, 5.41) is 0. The summed E-state index contributed by atoms with van der Waals surface area (Å²) in [4.78, 5) is 33.1. The molecule has 4 aromatic rings. The zero-order chi connectivity index (χ0) is 29.1. The minimum absolute atomic E-state index is 0.202. The summed E-state index contributed by atoms with van der Waals surface area (Å²) in [6, 6.07) is 22.4. The van der Waals surface area contributed by atoms with Crippen LogP contribution in [-0.4, -0.2) is 31.4 Å². The third kappa shape index (κ3) is 5.47. The maximum Gasteiger partial charge on any atom is 0.338 e. The molecular weight excluding hydrogens is 536 g/mol. The van der Waals surface area contributed by atoms with E-state index >= 15 is 0 Å². The normalized spacial score (nSPS) is 15.0. The molecular formula is C33H32N2O5S. The molecule has 1 aliphatic heterocycles. The second kappa shape index (κ2) is 12.0. The van der Waals surface area contributed by atoms with Crippen molar-refractivity contribution < 1.29 is 19.0 Å². The van der Waals surface area contributed by atoms with Crippen molar-refractivity contribution in [2.24, 2.45) is 4.99 Å². The Balaban J connectivity index is 1.79. The highest BCUT2D eigenvalue weighted by atomic mass is 32.1. The number of hydrogen-bond donors (Lipinski definition) is 0. The van der Waals surface area contributed by atoms with E-state index in [1.165, 1.54) is 16.9 Å². The maximum absolute atomic E-state index is 14.1. The molecule has 0 aliphatic carbocycles. The first-order valence-electron chi connectivity index (χ1n) is 13.5. The van der Waals surface area contributed by atoms with E-state index in [9.17, 15) is 9.59 Å². The first-order valence-corrected chi connectivity index (χ1v) is 14.3. The van der Waals surface area contributed by atoms with Crippen LogP contribution >= 0.6 is 11.3 Å². The van der Waals surface area contributed by atoms with Gasteiger partial charge in [-0.25, -0.2) is 9.79 Å². The van der Waals surface area contributed by atoms with Crippen molar-refractivity contribution in [2.75, 3.05) is 20.8 Å². The minimum Gasteiger partial charge on any atom is -0.493 e. The summed E-state index contributed by atoms with van der Waals surface area (Å²) in [6.07, 6.45) is 1.81. The van der Waals surface area contributed by atoms with Gasteiger partial charge in [0.15, 0.2) is 16.3 Å². The average Bonchev–Trinajstić information content (AvgIpc) is 3.30. The van der Waals surface area contributed by atoms with Gasteiger partial charge in [-0.1, -0.05) is 85.8 Å². The number of carbonyl (C=O) groups excluding carboxylic acids is 1. The van der Waals surface area contributed by atoms with Crippen LogP contribution in [0.1, 0.15) is 55.0 Å². The van der Waals surface area contributed by atoms with E-state index in [-0.39, 0.29) is 12.2 Å². The lowest BCUT2D eigenvalue weighted by molar-refractivity contribution is -0.138. The van der Waals surface area contributed by atoms with Crippen LogP contribution in [0.5, 0.6) is 11.5 Å². The number of ether oxygens (including phenoxy) is 3. The fourth-order valence-corrected chi connectivity index (χ4v) is 5.91. The smallest absolute Gasteiger partial charge is 0.338 e. The summed E-state index contributed by atoms with van der Waals surface area (Å²) in [5.74, 6) is 1.00. The van der Waals surface area contributed by atoms with Crippen LogP contribution in [0.3, 0.4) is 0 Å². The number of benzene rings is 3. The van der Waals surface area contributed by atoms with E-state index in [2.05, 4.69) is 13.8 Å². The molecule has 1 aliphatic rings. The molecule has 210 valence electrons. The van der Waals surface area contributed by atoms with Crippen LogP contribution in [0.4, 0.5) is 0 Å². The Kier molecular flexibility index (Phi) is 8.21. The molecule has 3 aromatic carbocycles. The van der Waals surface area contributed by atoms with E-state index in [0.717, 1.165) is 16.7 Å². The number of carbonyl (C=O) groups is 1. The molecule has 0 spiro atoms. The van der Waals surface area contributed by atoms with Gasteiger partial charge in [0.05, 0.1) is 42.7 Å². The van der Waals surface area contributed by atoms with Crippen molar-refractivity contribution >= 4 is 29.1 Å². The van der Waals surface area contributed by atoms with Gasteiger partial charge in [0.25, 0.3) is 5.56 Å². The topological polar surface area (TPSA) is 79.1 Å². The number of fused-ring (bicyclic) bond motifs is 1. The van der Waals surface area contributed by atoms with Crippen molar-refractivity contribution in [3.8, 4) is 11.5 Å². The molecule has 1 aromatic heterocycles. The molecule has 5 rings (SSSR count). The zero-order valence-corrected chi connectivity index (χ0v) is 24.5. The summed E-state index contributed by atoms with van der Waals surface area (Å²) < 4.78 is 18.5. The Morgan fingerprint density at radius 3 is 2.34 bits per heavy atom. The average molecular weight is 569 g/mol. The molecule has 7 nitrogen and oxygen atoms in total. The Morgan fingerprint density at radius 2 is 1.71 bits per heavy atom. The fraction of sp³-hybridized carbons (Fsp3) is 0.242. The van der Waals surface area contributed by atoms with Crippen molar-refractivity contribution in [3.63, 3.8) is 0 Å². The van der Waals surface area contributed by atoms with E-state index in [1.54, 1.807) is 37.9 Å². The number of hydrogen-bond acceptors (Lipinski definition) is 7. The third-order valence-electron chi connectivity index (χ3n) is 7.00. The predicted octanol–water partition coefficient (Wildman–Crippen LogP) is 5.08. The summed E-state index contributed by atoms with van der Waals surface area (Å²) >= 11 is 1.28. The highest BCUT2D eigenvalue weighted by Crippen LogP contribution is 2.35. The molecule has 0 radical (unpaired) electrons. The van der Waals surface area contributed by atoms with Gasteiger partial charge < -0.3 is 14.2 Å². The maximum atomic E-state index is 14.1. The highest BCUT2D eigenvalue weighted by molar-refractivity contribution is 7.07. The Labute approximate surface area is 242 Å². The summed E-state index contributed by atoms with van der Waals surface area (Å²) in [7, 11) is 3.15. The minimum atomic E-state index is -0.714. The monoisotopic (exact) mass is 568 g/mol. The molecule has 0 amide bonds. The van der Waals surface area contributed by atoms with E-state index in [1.807, 2.05) is 66.7 Å². The van der Waals surface area contributed by atoms with Gasteiger partial charge >= 0.3 is 5.97 Å². The van der Waals surface area contributed by atoms with Crippen LogP contribution in [0.25, 0.3) is 11.8 Å². The molecule has 0 fully saturated rings. The van der Waals surface area contributed by atoms with Crippen LogP contribution in [0.2, 0.25) is 0 Å².